The molecule has 0 aliphatic rings. The summed E-state index contributed by atoms with van der Waals surface area (Å²) in [7, 11) is 0. The smallest absolute Gasteiger partial charge is 0.217 e. The number of aryl methyl sites for hydroxylation is 2. The highest BCUT2D eigenvalue weighted by Crippen LogP contribution is 2.20. The van der Waals surface area contributed by atoms with Crippen LogP contribution in [0.15, 0.2) is 36.5 Å². The number of benzene rings is 1. The van der Waals surface area contributed by atoms with E-state index in [2.05, 4.69) is 25.7 Å². The Kier molecular flexibility index (Phi) is 5.18. The molecule has 8 heteroatoms. The van der Waals surface area contributed by atoms with Gasteiger partial charge in [0.25, 0.3) is 0 Å². The van der Waals surface area contributed by atoms with Gasteiger partial charge >= 0.3 is 0 Å². The van der Waals surface area contributed by atoms with Crippen LogP contribution in [-0.2, 0) is 11.3 Å². The topological polar surface area (TPSA) is 84.7 Å². The van der Waals surface area contributed by atoms with Crippen molar-refractivity contribution >= 4 is 29.0 Å². The molecule has 0 spiro atoms. The van der Waals surface area contributed by atoms with Crippen molar-refractivity contribution < 1.29 is 4.79 Å². The van der Waals surface area contributed by atoms with E-state index in [1.807, 2.05) is 32.0 Å². The fourth-order valence-corrected chi connectivity index (χ4v) is 2.62. The summed E-state index contributed by atoms with van der Waals surface area (Å²) >= 11 is 5.92. The molecular formula is C18H19ClN6O. The van der Waals surface area contributed by atoms with Gasteiger partial charge in [0.1, 0.15) is 5.69 Å². The number of hydrogen-bond acceptors (Lipinski definition) is 5. The largest absolute Gasteiger partial charge is 0.351 e. The lowest BCUT2D eigenvalue weighted by atomic mass is 10.3. The summed E-state index contributed by atoms with van der Waals surface area (Å²) < 4.78 is 1.73. The third-order valence-corrected chi connectivity index (χ3v) is 3.91. The first-order valence-corrected chi connectivity index (χ1v) is 8.47. The minimum Gasteiger partial charge on any atom is -0.351 e. The molecular weight excluding hydrogens is 352 g/mol. The molecule has 0 radical (unpaired) electrons. The third-order valence-electron chi connectivity index (χ3n) is 3.66. The molecule has 2 aromatic heterocycles. The standard InChI is InChI=1S/C18H19ClN6O/c1-11-8-12(2)25(24-11)18-16(9-20-13(3)26)21-10-17(23-18)22-15-6-4-14(19)5-7-15/h4-8,10H,9H2,1-3H3,(H,20,26)(H,22,23). The van der Waals surface area contributed by atoms with Crippen molar-refractivity contribution in [3.63, 3.8) is 0 Å². The van der Waals surface area contributed by atoms with Gasteiger partial charge in [-0.1, -0.05) is 11.6 Å². The van der Waals surface area contributed by atoms with Crippen molar-refractivity contribution in [1.82, 2.24) is 25.1 Å². The van der Waals surface area contributed by atoms with Crippen molar-refractivity contribution in [2.75, 3.05) is 5.32 Å². The van der Waals surface area contributed by atoms with Crippen LogP contribution in [0.1, 0.15) is 24.0 Å². The Hall–Kier alpha value is -2.93. The van der Waals surface area contributed by atoms with E-state index in [1.165, 1.54) is 6.92 Å². The second-order valence-electron chi connectivity index (χ2n) is 5.91. The number of anilines is 2. The third kappa shape index (κ3) is 4.18. The van der Waals surface area contributed by atoms with Gasteiger partial charge in [-0.15, -0.1) is 0 Å². The van der Waals surface area contributed by atoms with Gasteiger partial charge in [0.2, 0.25) is 5.91 Å². The maximum absolute atomic E-state index is 11.3. The highest BCUT2D eigenvalue weighted by molar-refractivity contribution is 6.30. The SMILES string of the molecule is CC(=O)NCc1ncc(Nc2ccc(Cl)cc2)nc1-n1nc(C)cc1C. The van der Waals surface area contributed by atoms with Gasteiger partial charge in [-0.25, -0.2) is 9.67 Å². The maximum atomic E-state index is 11.3. The minimum absolute atomic E-state index is 0.130. The molecule has 1 aromatic carbocycles. The zero-order chi connectivity index (χ0) is 18.7. The molecule has 0 bridgehead atoms. The first-order valence-electron chi connectivity index (χ1n) is 8.09. The van der Waals surface area contributed by atoms with Crippen LogP contribution in [0.4, 0.5) is 11.5 Å². The molecule has 0 unspecified atom stereocenters. The van der Waals surface area contributed by atoms with Gasteiger partial charge in [0, 0.05) is 23.3 Å². The number of halogens is 1. The average Bonchev–Trinajstić information content (AvgIpc) is 2.94. The molecule has 0 atom stereocenters. The van der Waals surface area contributed by atoms with Crippen molar-refractivity contribution in [1.29, 1.82) is 0 Å². The summed E-state index contributed by atoms with van der Waals surface area (Å²) in [4.78, 5) is 20.4. The molecule has 134 valence electrons. The zero-order valence-corrected chi connectivity index (χ0v) is 15.5. The van der Waals surface area contributed by atoms with Crippen molar-refractivity contribution in [2.45, 2.75) is 27.3 Å². The molecule has 3 aromatic rings. The van der Waals surface area contributed by atoms with Crippen LogP contribution in [0.25, 0.3) is 5.82 Å². The Labute approximate surface area is 156 Å². The first kappa shape index (κ1) is 17.9. The fraction of sp³-hybridized carbons (Fsp3) is 0.222. The first-order chi connectivity index (χ1) is 12.4. The molecule has 3 rings (SSSR count). The van der Waals surface area contributed by atoms with Crippen LogP contribution in [0.5, 0.6) is 0 Å². The van der Waals surface area contributed by atoms with Gasteiger partial charge in [0.15, 0.2) is 11.6 Å². The Morgan fingerprint density at radius 2 is 1.96 bits per heavy atom. The van der Waals surface area contributed by atoms with Gasteiger partial charge in [-0.05, 0) is 44.2 Å². The Bertz CT molecular complexity index is 935. The number of nitrogens with zero attached hydrogens (tertiary/aromatic N) is 4. The summed E-state index contributed by atoms with van der Waals surface area (Å²) in [6, 6.07) is 9.27. The number of amides is 1. The molecule has 0 aliphatic carbocycles. The van der Waals surface area contributed by atoms with Crippen LogP contribution >= 0.6 is 11.6 Å². The Morgan fingerprint density at radius 1 is 1.23 bits per heavy atom. The molecule has 7 nitrogen and oxygen atoms in total. The lowest BCUT2D eigenvalue weighted by Crippen LogP contribution is -2.22. The number of aromatic nitrogens is 4. The number of hydrogen-bond donors (Lipinski definition) is 2. The van der Waals surface area contributed by atoms with Gasteiger partial charge in [0.05, 0.1) is 18.4 Å². The van der Waals surface area contributed by atoms with E-state index in [-0.39, 0.29) is 12.5 Å². The van der Waals surface area contributed by atoms with E-state index in [4.69, 9.17) is 11.6 Å². The van der Waals surface area contributed by atoms with E-state index in [0.717, 1.165) is 17.1 Å². The molecule has 0 fully saturated rings. The predicted octanol–water partition coefficient (Wildman–Crippen LogP) is 3.31. The summed E-state index contributed by atoms with van der Waals surface area (Å²) in [6.45, 7) is 5.60. The number of nitrogens with one attached hydrogen (secondary N) is 2. The van der Waals surface area contributed by atoms with Gasteiger partial charge < -0.3 is 10.6 Å². The predicted molar refractivity (Wildman–Crippen MR) is 101 cm³/mol. The molecule has 26 heavy (non-hydrogen) atoms. The van der Waals surface area contributed by atoms with E-state index >= 15 is 0 Å². The van der Waals surface area contributed by atoms with E-state index in [0.29, 0.717) is 22.4 Å². The van der Waals surface area contributed by atoms with Crippen LogP contribution in [-0.4, -0.2) is 25.7 Å². The van der Waals surface area contributed by atoms with E-state index < -0.39 is 0 Å². The lowest BCUT2D eigenvalue weighted by molar-refractivity contribution is -0.119. The number of carbonyl (C=O) groups is 1. The molecule has 2 N–H and O–H groups in total. The summed E-state index contributed by atoms with van der Waals surface area (Å²) in [5, 5.41) is 11.1. The molecule has 2 heterocycles. The summed E-state index contributed by atoms with van der Waals surface area (Å²) in [6.07, 6.45) is 1.63. The Balaban J connectivity index is 1.97. The number of carbonyl (C=O) groups excluding carboxylic acids is 1. The quantitative estimate of drug-likeness (QED) is 0.719. The van der Waals surface area contributed by atoms with Crippen molar-refractivity contribution in [3.05, 3.63) is 58.6 Å². The second kappa shape index (κ2) is 7.53. The van der Waals surface area contributed by atoms with Gasteiger partial charge in [-0.2, -0.15) is 5.10 Å². The summed E-state index contributed by atoms with van der Waals surface area (Å²) in [5.41, 5.74) is 3.29. The second-order valence-corrected chi connectivity index (χ2v) is 6.34. The van der Waals surface area contributed by atoms with E-state index in [9.17, 15) is 4.79 Å². The monoisotopic (exact) mass is 370 g/mol. The molecule has 0 saturated heterocycles. The van der Waals surface area contributed by atoms with E-state index in [1.54, 1.807) is 23.0 Å². The molecule has 0 aliphatic heterocycles. The van der Waals surface area contributed by atoms with Crippen LogP contribution < -0.4 is 10.6 Å². The lowest BCUT2D eigenvalue weighted by Gasteiger charge is -2.13. The zero-order valence-electron chi connectivity index (χ0n) is 14.7. The van der Waals surface area contributed by atoms with Crippen LogP contribution in [0.2, 0.25) is 5.02 Å². The average molecular weight is 371 g/mol. The highest BCUT2D eigenvalue weighted by atomic mass is 35.5. The minimum atomic E-state index is -0.130. The Morgan fingerprint density at radius 3 is 2.58 bits per heavy atom. The van der Waals surface area contributed by atoms with Crippen molar-refractivity contribution in [3.8, 4) is 5.82 Å². The highest BCUT2D eigenvalue weighted by Gasteiger charge is 2.14. The van der Waals surface area contributed by atoms with Crippen LogP contribution in [0, 0.1) is 13.8 Å². The summed E-state index contributed by atoms with van der Waals surface area (Å²) in [5.74, 6) is 1.01. The number of rotatable bonds is 5. The normalized spacial score (nSPS) is 10.6. The van der Waals surface area contributed by atoms with Gasteiger partial charge in [-0.3, -0.25) is 9.78 Å². The molecule has 1 amide bonds. The maximum Gasteiger partial charge on any atom is 0.217 e. The molecule has 0 saturated carbocycles. The van der Waals surface area contributed by atoms with Crippen molar-refractivity contribution in [2.24, 2.45) is 0 Å². The van der Waals surface area contributed by atoms with Crippen LogP contribution in [0.3, 0.4) is 0 Å². The fourth-order valence-electron chi connectivity index (χ4n) is 2.49.